The zero-order valence-electron chi connectivity index (χ0n) is 23.2. The maximum atomic E-state index is 14.5. The Morgan fingerprint density at radius 1 is 1.12 bits per heavy atom. The summed E-state index contributed by atoms with van der Waals surface area (Å²) in [4.78, 5) is 24.9. The molecule has 0 aliphatic carbocycles. The van der Waals surface area contributed by atoms with E-state index in [-0.39, 0.29) is 50.1 Å². The minimum Gasteiger partial charge on any atom is -0.493 e. The first-order chi connectivity index (χ1) is 19.5. The monoisotopic (exact) mass is 581 g/mol. The number of benzene rings is 2. The SMILES string of the molecule is CCCC1CCNC(=O)CCCC(=O)N[C@H]([C@H](O)CNCc2cccc(C(F)(F)F)c2)Cc2cc(F)cc(c2)OC1. The summed E-state index contributed by atoms with van der Waals surface area (Å²) >= 11 is 0. The lowest BCUT2D eigenvalue weighted by molar-refractivity contribution is -0.137. The summed E-state index contributed by atoms with van der Waals surface area (Å²) in [6, 6.07) is 8.31. The number of hydrogen-bond donors (Lipinski definition) is 4. The molecule has 2 amide bonds. The third-order valence-corrected chi connectivity index (χ3v) is 7.00. The number of ether oxygens (including phenoxy) is 1. The maximum Gasteiger partial charge on any atom is 0.416 e. The summed E-state index contributed by atoms with van der Waals surface area (Å²) in [6.45, 7) is 2.92. The number of rotatable bonds is 7. The zero-order chi connectivity index (χ0) is 29.8. The molecule has 0 radical (unpaired) electrons. The fourth-order valence-electron chi connectivity index (χ4n) is 4.85. The minimum atomic E-state index is -4.46. The van der Waals surface area contributed by atoms with E-state index in [9.17, 15) is 32.3 Å². The van der Waals surface area contributed by atoms with Crippen molar-refractivity contribution in [3.05, 3.63) is 65.0 Å². The van der Waals surface area contributed by atoms with Crippen LogP contribution in [-0.4, -0.2) is 48.8 Å². The summed E-state index contributed by atoms with van der Waals surface area (Å²) in [5.41, 5.74) is 0.128. The Bertz CT molecular complexity index is 1140. The van der Waals surface area contributed by atoms with E-state index in [1.165, 1.54) is 18.2 Å². The van der Waals surface area contributed by atoms with Crippen LogP contribution in [0, 0.1) is 11.7 Å². The van der Waals surface area contributed by atoms with E-state index in [2.05, 4.69) is 22.9 Å². The second kappa shape index (κ2) is 15.7. The highest BCUT2D eigenvalue weighted by Gasteiger charge is 2.30. The van der Waals surface area contributed by atoms with Gasteiger partial charge < -0.3 is 25.8 Å². The van der Waals surface area contributed by atoms with Crippen molar-refractivity contribution in [2.75, 3.05) is 19.7 Å². The molecule has 3 atom stereocenters. The van der Waals surface area contributed by atoms with Crippen LogP contribution < -0.4 is 20.7 Å². The third-order valence-electron chi connectivity index (χ3n) is 7.00. The number of halogens is 4. The number of hydrogen-bond acceptors (Lipinski definition) is 5. The summed E-state index contributed by atoms with van der Waals surface area (Å²) < 4.78 is 59.5. The van der Waals surface area contributed by atoms with Crippen LogP contribution >= 0.6 is 0 Å². The highest BCUT2D eigenvalue weighted by molar-refractivity contribution is 5.79. The summed E-state index contributed by atoms with van der Waals surface area (Å²) in [7, 11) is 0. The maximum absolute atomic E-state index is 14.5. The molecule has 1 heterocycles. The molecule has 4 N–H and O–H groups in total. The lowest BCUT2D eigenvalue weighted by Gasteiger charge is -2.25. The predicted molar refractivity (Wildman–Crippen MR) is 147 cm³/mol. The van der Waals surface area contributed by atoms with Gasteiger partial charge in [0.2, 0.25) is 11.8 Å². The average Bonchev–Trinajstić information content (AvgIpc) is 2.90. The van der Waals surface area contributed by atoms with E-state index in [1.807, 2.05) is 0 Å². The molecule has 7 nitrogen and oxygen atoms in total. The number of aliphatic hydroxyl groups is 1. The molecule has 0 spiro atoms. The molecule has 0 fully saturated rings. The van der Waals surface area contributed by atoms with Crippen molar-refractivity contribution in [3.63, 3.8) is 0 Å². The van der Waals surface area contributed by atoms with E-state index < -0.39 is 29.7 Å². The van der Waals surface area contributed by atoms with Crippen molar-refractivity contribution in [3.8, 4) is 5.75 Å². The van der Waals surface area contributed by atoms with Crippen molar-refractivity contribution in [2.24, 2.45) is 5.92 Å². The third kappa shape index (κ3) is 11.3. The van der Waals surface area contributed by atoms with Gasteiger partial charge in [-0.1, -0.05) is 31.5 Å². The molecule has 1 aliphatic heterocycles. The molecule has 2 aromatic carbocycles. The predicted octanol–water partition coefficient (Wildman–Crippen LogP) is 4.51. The quantitative estimate of drug-likeness (QED) is 0.361. The van der Waals surface area contributed by atoms with Crippen LogP contribution in [0.1, 0.15) is 62.1 Å². The fourth-order valence-corrected chi connectivity index (χ4v) is 4.85. The molecule has 0 aromatic heterocycles. The van der Waals surface area contributed by atoms with Crippen LogP contribution in [0.15, 0.2) is 42.5 Å². The summed E-state index contributed by atoms with van der Waals surface area (Å²) in [6.07, 6.45) is -2.42. The van der Waals surface area contributed by atoms with Gasteiger partial charge in [-0.25, -0.2) is 4.39 Å². The van der Waals surface area contributed by atoms with E-state index >= 15 is 0 Å². The lowest BCUT2D eigenvalue weighted by atomic mass is 9.99. The molecule has 41 heavy (non-hydrogen) atoms. The summed E-state index contributed by atoms with van der Waals surface area (Å²) in [5, 5.41) is 19.6. The number of amides is 2. The van der Waals surface area contributed by atoms with Gasteiger partial charge in [-0.15, -0.1) is 0 Å². The number of fused-ring (bicyclic) bond motifs is 2. The van der Waals surface area contributed by atoms with Crippen molar-refractivity contribution < 1.29 is 37.0 Å². The topological polar surface area (TPSA) is 99.7 Å². The molecule has 0 saturated heterocycles. The van der Waals surface area contributed by atoms with Crippen LogP contribution in [0.5, 0.6) is 5.75 Å². The average molecular weight is 582 g/mol. The number of carbonyl (C=O) groups excluding carboxylic acids is 2. The van der Waals surface area contributed by atoms with Gasteiger partial charge in [0, 0.05) is 38.5 Å². The first-order valence-electron chi connectivity index (χ1n) is 14.1. The largest absolute Gasteiger partial charge is 0.493 e. The Kier molecular flexibility index (Phi) is 12.4. The van der Waals surface area contributed by atoms with Gasteiger partial charge in [-0.2, -0.15) is 13.2 Å². The second-order valence-corrected chi connectivity index (χ2v) is 10.5. The second-order valence-electron chi connectivity index (χ2n) is 10.5. The van der Waals surface area contributed by atoms with Gasteiger partial charge >= 0.3 is 6.18 Å². The first-order valence-corrected chi connectivity index (χ1v) is 14.1. The molecular formula is C30H39F4N3O4. The zero-order valence-corrected chi connectivity index (χ0v) is 23.2. The normalized spacial score (nSPS) is 20.3. The molecular weight excluding hydrogens is 542 g/mol. The van der Waals surface area contributed by atoms with Gasteiger partial charge in [-0.3, -0.25) is 9.59 Å². The Labute approximate surface area is 238 Å². The van der Waals surface area contributed by atoms with Crippen LogP contribution in [-0.2, 0) is 28.7 Å². The fraction of sp³-hybridized carbons (Fsp3) is 0.533. The van der Waals surface area contributed by atoms with E-state index in [4.69, 9.17) is 4.74 Å². The standard InChI is InChI=1S/C30H39F4N3O4/c1-2-5-20-10-11-36-28(39)8-4-9-29(40)37-26(15-22-13-24(31)16-25(14-22)41-19-20)27(38)18-35-17-21-6-3-7-23(12-21)30(32,33)34/h3,6-7,12-14,16,20,26-27,35,38H,2,4-5,8-11,15,17-19H2,1H3,(H,36,39)(H,37,40)/t20?,26-,27+/m0/s1. The molecule has 1 unspecified atom stereocenters. The van der Waals surface area contributed by atoms with Gasteiger partial charge in [0.25, 0.3) is 0 Å². The Morgan fingerprint density at radius 2 is 1.90 bits per heavy atom. The minimum absolute atomic E-state index is 0.0407. The Balaban J connectivity index is 1.73. The van der Waals surface area contributed by atoms with Crippen LogP contribution in [0.3, 0.4) is 0 Å². The Morgan fingerprint density at radius 3 is 2.66 bits per heavy atom. The van der Waals surface area contributed by atoms with Crippen molar-refractivity contribution in [1.29, 1.82) is 0 Å². The molecule has 1 aliphatic rings. The highest BCUT2D eigenvalue weighted by atomic mass is 19.4. The smallest absolute Gasteiger partial charge is 0.416 e. The number of nitrogens with one attached hydrogen (secondary N) is 3. The van der Waals surface area contributed by atoms with E-state index in [0.717, 1.165) is 25.0 Å². The van der Waals surface area contributed by atoms with Crippen LogP contribution in [0.4, 0.5) is 17.6 Å². The number of carbonyl (C=O) groups is 2. The van der Waals surface area contributed by atoms with Crippen molar-refractivity contribution in [1.82, 2.24) is 16.0 Å². The molecule has 2 aromatic rings. The Hall–Kier alpha value is -3.18. The van der Waals surface area contributed by atoms with Crippen LogP contribution in [0.2, 0.25) is 0 Å². The highest BCUT2D eigenvalue weighted by Crippen LogP contribution is 2.29. The molecule has 11 heteroatoms. The van der Waals surface area contributed by atoms with E-state index in [1.54, 1.807) is 12.1 Å². The molecule has 2 bridgehead atoms. The molecule has 226 valence electrons. The van der Waals surface area contributed by atoms with Crippen molar-refractivity contribution >= 4 is 11.8 Å². The van der Waals surface area contributed by atoms with Gasteiger partial charge in [0.05, 0.1) is 24.3 Å². The van der Waals surface area contributed by atoms with Crippen molar-refractivity contribution in [2.45, 2.75) is 76.7 Å². The number of alkyl halides is 3. The van der Waals surface area contributed by atoms with Gasteiger partial charge in [-0.05, 0) is 60.9 Å². The van der Waals surface area contributed by atoms with E-state index in [0.29, 0.717) is 42.9 Å². The lowest BCUT2D eigenvalue weighted by Crippen LogP contribution is -2.48. The van der Waals surface area contributed by atoms with Gasteiger partial charge in [0.1, 0.15) is 11.6 Å². The molecule has 3 rings (SSSR count). The summed E-state index contributed by atoms with van der Waals surface area (Å²) in [5.74, 6) is -0.542. The van der Waals surface area contributed by atoms with Gasteiger partial charge in [0.15, 0.2) is 0 Å². The first kappa shape index (κ1) is 32.3. The van der Waals surface area contributed by atoms with Crippen LogP contribution in [0.25, 0.3) is 0 Å². The molecule has 0 saturated carbocycles. The number of aliphatic hydroxyl groups excluding tert-OH is 1.